The first-order valence-electron chi connectivity index (χ1n) is 8.73. The molecule has 0 aliphatic carbocycles. The van der Waals surface area contributed by atoms with Crippen LogP contribution in [0.4, 0.5) is 11.5 Å². The summed E-state index contributed by atoms with van der Waals surface area (Å²) in [4.78, 5) is 23.2. The van der Waals surface area contributed by atoms with E-state index in [9.17, 15) is 4.79 Å². The predicted molar refractivity (Wildman–Crippen MR) is 98.2 cm³/mol. The highest BCUT2D eigenvalue weighted by Crippen LogP contribution is 2.19. The first-order chi connectivity index (χ1) is 12.1. The van der Waals surface area contributed by atoms with Crippen LogP contribution in [0, 0.1) is 5.92 Å². The zero-order valence-electron chi connectivity index (χ0n) is 14.7. The zero-order chi connectivity index (χ0) is 17.6. The maximum absolute atomic E-state index is 12.3. The lowest BCUT2D eigenvalue weighted by atomic mass is 10.2. The molecule has 3 heterocycles. The summed E-state index contributed by atoms with van der Waals surface area (Å²) in [7, 11) is 0. The third-order valence-corrected chi connectivity index (χ3v) is 4.00. The van der Waals surface area contributed by atoms with Gasteiger partial charge in [-0.05, 0) is 37.0 Å². The number of ether oxygens (including phenoxy) is 1. The van der Waals surface area contributed by atoms with Gasteiger partial charge >= 0.3 is 0 Å². The number of nitrogens with zero attached hydrogens (tertiary/aromatic N) is 3. The summed E-state index contributed by atoms with van der Waals surface area (Å²) in [5, 5.41) is 2.84. The molecule has 25 heavy (non-hydrogen) atoms. The van der Waals surface area contributed by atoms with Gasteiger partial charge in [-0.2, -0.15) is 0 Å². The molecule has 3 rings (SSSR count). The van der Waals surface area contributed by atoms with Crippen LogP contribution >= 0.6 is 0 Å². The van der Waals surface area contributed by atoms with Crippen molar-refractivity contribution in [1.82, 2.24) is 9.97 Å². The van der Waals surface area contributed by atoms with E-state index in [2.05, 4.69) is 34.0 Å². The predicted octanol–water partition coefficient (Wildman–Crippen LogP) is 3.36. The second-order valence-electron chi connectivity index (χ2n) is 6.64. The molecule has 6 nitrogen and oxygen atoms in total. The van der Waals surface area contributed by atoms with Gasteiger partial charge in [0.15, 0.2) is 0 Å². The minimum atomic E-state index is -0.210. The molecule has 1 saturated heterocycles. The second kappa shape index (κ2) is 7.96. The molecular formula is C19H24N4O2. The summed E-state index contributed by atoms with van der Waals surface area (Å²) in [5.41, 5.74) is 1.16. The van der Waals surface area contributed by atoms with Crippen molar-refractivity contribution >= 4 is 17.4 Å². The summed E-state index contributed by atoms with van der Waals surface area (Å²) in [6, 6.07) is 7.25. The first-order valence-corrected chi connectivity index (χ1v) is 8.73. The van der Waals surface area contributed by atoms with E-state index in [1.807, 2.05) is 12.1 Å². The zero-order valence-corrected chi connectivity index (χ0v) is 14.7. The number of nitrogens with one attached hydrogen (secondary N) is 1. The van der Waals surface area contributed by atoms with Gasteiger partial charge in [-0.1, -0.05) is 13.8 Å². The van der Waals surface area contributed by atoms with E-state index in [-0.39, 0.29) is 5.91 Å². The van der Waals surface area contributed by atoms with Crippen molar-refractivity contribution in [3.8, 4) is 5.88 Å². The van der Waals surface area contributed by atoms with Crippen molar-refractivity contribution < 1.29 is 9.53 Å². The largest absolute Gasteiger partial charge is 0.477 e. The van der Waals surface area contributed by atoms with Crippen LogP contribution in [0.1, 0.15) is 37.0 Å². The Balaban J connectivity index is 1.57. The van der Waals surface area contributed by atoms with E-state index in [0.29, 0.717) is 29.7 Å². The van der Waals surface area contributed by atoms with E-state index in [1.165, 1.54) is 19.0 Å². The Hall–Kier alpha value is -2.63. The van der Waals surface area contributed by atoms with Gasteiger partial charge in [0, 0.05) is 25.4 Å². The van der Waals surface area contributed by atoms with Crippen molar-refractivity contribution in [3.63, 3.8) is 0 Å². The highest BCUT2D eigenvalue weighted by Gasteiger charge is 2.13. The smallest absolute Gasteiger partial charge is 0.257 e. The standard InChI is InChI=1S/C19H24N4O2/c1-14(2)13-25-18-8-5-15(11-21-18)19(24)22-16-6-7-17(20-12-16)23-9-3-4-10-23/h5-8,11-12,14H,3-4,9-10,13H2,1-2H3,(H,22,24). The Morgan fingerprint density at radius 3 is 2.56 bits per heavy atom. The fourth-order valence-electron chi connectivity index (χ4n) is 2.65. The first kappa shape index (κ1) is 17.2. The van der Waals surface area contributed by atoms with Crippen LogP contribution in [0.3, 0.4) is 0 Å². The number of amides is 1. The number of carbonyl (C=O) groups is 1. The third-order valence-electron chi connectivity index (χ3n) is 4.00. The molecule has 1 fully saturated rings. The second-order valence-corrected chi connectivity index (χ2v) is 6.64. The number of rotatable bonds is 6. The molecule has 0 aromatic carbocycles. The summed E-state index contributed by atoms with van der Waals surface area (Å²) < 4.78 is 5.52. The lowest BCUT2D eigenvalue weighted by molar-refractivity contribution is 0.102. The van der Waals surface area contributed by atoms with Crippen molar-refractivity contribution in [2.24, 2.45) is 5.92 Å². The molecule has 0 spiro atoms. The number of aromatic nitrogens is 2. The van der Waals surface area contributed by atoms with Crippen molar-refractivity contribution in [2.75, 3.05) is 29.9 Å². The highest BCUT2D eigenvalue weighted by molar-refractivity contribution is 6.04. The molecule has 0 radical (unpaired) electrons. The van der Waals surface area contributed by atoms with Gasteiger partial charge in [-0.15, -0.1) is 0 Å². The summed E-state index contributed by atoms with van der Waals surface area (Å²) in [6.45, 7) is 6.86. The monoisotopic (exact) mass is 340 g/mol. The lowest BCUT2D eigenvalue weighted by Crippen LogP contribution is -2.19. The molecule has 1 aliphatic heterocycles. The number of hydrogen-bond donors (Lipinski definition) is 1. The van der Waals surface area contributed by atoms with Crippen LogP contribution in [0.5, 0.6) is 5.88 Å². The quantitative estimate of drug-likeness (QED) is 0.873. The SMILES string of the molecule is CC(C)COc1ccc(C(=O)Nc2ccc(N3CCCC3)nc2)cn1. The lowest BCUT2D eigenvalue weighted by Gasteiger charge is -2.16. The van der Waals surface area contributed by atoms with E-state index in [4.69, 9.17) is 4.74 Å². The van der Waals surface area contributed by atoms with Gasteiger partial charge in [0.2, 0.25) is 5.88 Å². The third kappa shape index (κ3) is 4.68. The van der Waals surface area contributed by atoms with Crippen LogP contribution < -0.4 is 15.0 Å². The summed E-state index contributed by atoms with van der Waals surface area (Å²) in [6.07, 6.45) is 5.64. The average molecular weight is 340 g/mol. The Morgan fingerprint density at radius 1 is 1.16 bits per heavy atom. The number of hydrogen-bond acceptors (Lipinski definition) is 5. The molecule has 1 N–H and O–H groups in total. The number of carbonyl (C=O) groups excluding carboxylic acids is 1. The van der Waals surface area contributed by atoms with Crippen molar-refractivity contribution in [2.45, 2.75) is 26.7 Å². The van der Waals surface area contributed by atoms with E-state index >= 15 is 0 Å². The van der Waals surface area contributed by atoms with Crippen LogP contribution in [0.15, 0.2) is 36.7 Å². The van der Waals surface area contributed by atoms with Gasteiger partial charge in [-0.3, -0.25) is 4.79 Å². The fraction of sp³-hybridized carbons (Fsp3) is 0.421. The van der Waals surface area contributed by atoms with Gasteiger partial charge in [0.25, 0.3) is 5.91 Å². The molecule has 0 bridgehead atoms. The minimum Gasteiger partial charge on any atom is -0.477 e. The number of anilines is 2. The normalized spacial score (nSPS) is 14.0. The van der Waals surface area contributed by atoms with Gasteiger partial charge < -0.3 is 15.0 Å². The van der Waals surface area contributed by atoms with Crippen molar-refractivity contribution in [3.05, 3.63) is 42.2 Å². The molecular weight excluding hydrogens is 316 g/mol. The number of pyridine rings is 2. The average Bonchev–Trinajstić information content (AvgIpc) is 3.15. The maximum atomic E-state index is 12.3. The van der Waals surface area contributed by atoms with Crippen LogP contribution in [0.2, 0.25) is 0 Å². The van der Waals surface area contributed by atoms with Crippen LogP contribution in [-0.2, 0) is 0 Å². The molecule has 132 valence electrons. The molecule has 2 aromatic heterocycles. The maximum Gasteiger partial charge on any atom is 0.257 e. The molecule has 2 aromatic rings. The Kier molecular flexibility index (Phi) is 5.48. The van der Waals surface area contributed by atoms with Gasteiger partial charge in [0.1, 0.15) is 5.82 Å². The summed E-state index contributed by atoms with van der Waals surface area (Å²) >= 11 is 0. The van der Waals surface area contributed by atoms with Gasteiger partial charge in [-0.25, -0.2) is 9.97 Å². The molecule has 1 amide bonds. The minimum absolute atomic E-state index is 0.210. The molecule has 0 atom stereocenters. The molecule has 1 aliphatic rings. The molecule has 6 heteroatoms. The van der Waals surface area contributed by atoms with E-state index in [0.717, 1.165) is 18.9 Å². The van der Waals surface area contributed by atoms with Crippen LogP contribution in [-0.4, -0.2) is 35.6 Å². The van der Waals surface area contributed by atoms with Crippen molar-refractivity contribution in [1.29, 1.82) is 0 Å². The summed E-state index contributed by atoms with van der Waals surface area (Å²) in [5.74, 6) is 1.71. The fourth-order valence-corrected chi connectivity index (χ4v) is 2.65. The Morgan fingerprint density at radius 2 is 1.96 bits per heavy atom. The topological polar surface area (TPSA) is 67.3 Å². The molecule has 0 saturated carbocycles. The van der Waals surface area contributed by atoms with E-state index < -0.39 is 0 Å². The van der Waals surface area contributed by atoms with Crippen LogP contribution in [0.25, 0.3) is 0 Å². The highest BCUT2D eigenvalue weighted by atomic mass is 16.5. The molecule has 0 unspecified atom stereocenters. The van der Waals surface area contributed by atoms with E-state index in [1.54, 1.807) is 18.3 Å². The Bertz CT molecular complexity index is 692. The van der Waals surface area contributed by atoms with Gasteiger partial charge in [0.05, 0.1) is 24.1 Å². The Labute approximate surface area is 148 Å².